The maximum atomic E-state index is 13.0. The maximum Gasteiger partial charge on any atom is 0.123 e. The molecule has 0 aromatic heterocycles. The SMILES string of the molecule is CC1(O)CNCC1Cc1cccc(F)c1. The van der Waals surface area contributed by atoms with Crippen LogP contribution in [0.2, 0.25) is 0 Å². The summed E-state index contributed by atoms with van der Waals surface area (Å²) in [5.74, 6) is -0.0441. The zero-order chi connectivity index (χ0) is 10.9. The van der Waals surface area contributed by atoms with Gasteiger partial charge in [0, 0.05) is 19.0 Å². The van der Waals surface area contributed by atoms with Crippen molar-refractivity contribution in [3.63, 3.8) is 0 Å². The van der Waals surface area contributed by atoms with Gasteiger partial charge in [-0.1, -0.05) is 12.1 Å². The van der Waals surface area contributed by atoms with Gasteiger partial charge in [0.1, 0.15) is 5.82 Å². The van der Waals surface area contributed by atoms with Gasteiger partial charge in [-0.3, -0.25) is 0 Å². The molecule has 1 aliphatic heterocycles. The monoisotopic (exact) mass is 209 g/mol. The third-order valence-corrected chi connectivity index (χ3v) is 3.12. The van der Waals surface area contributed by atoms with Crippen LogP contribution in [-0.4, -0.2) is 23.8 Å². The number of halogens is 1. The number of β-amino-alcohol motifs (C(OH)–C–C–N with tert-alkyl or cyclic N) is 1. The zero-order valence-electron chi connectivity index (χ0n) is 8.83. The second-order valence-electron chi connectivity index (χ2n) is 4.52. The van der Waals surface area contributed by atoms with Crippen molar-refractivity contribution in [3.05, 3.63) is 35.6 Å². The molecule has 1 aliphatic rings. The molecule has 0 radical (unpaired) electrons. The minimum Gasteiger partial charge on any atom is -0.389 e. The fourth-order valence-electron chi connectivity index (χ4n) is 2.10. The molecule has 2 unspecified atom stereocenters. The van der Waals surface area contributed by atoms with Crippen molar-refractivity contribution in [1.82, 2.24) is 5.32 Å². The Morgan fingerprint density at radius 3 is 3.00 bits per heavy atom. The molecule has 1 heterocycles. The number of aliphatic hydroxyl groups is 1. The number of hydrogen-bond donors (Lipinski definition) is 2. The molecule has 0 saturated carbocycles. The van der Waals surface area contributed by atoms with Crippen LogP contribution in [0.5, 0.6) is 0 Å². The van der Waals surface area contributed by atoms with Gasteiger partial charge in [0.05, 0.1) is 5.60 Å². The summed E-state index contributed by atoms with van der Waals surface area (Å²) in [6.45, 7) is 3.24. The van der Waals surface area contributed by atoms with Crippen molar-refractivity contribution in [3.8, 4) is 0 Å². The van der Waals surface area contributed by atoms with Gasteiger partial charge in [0.15, 0.2) is 0 Å². The van der Waals surface area contributed by atoms with Crippen molar-refractivity contribution in [2.45, 2.75) is 18.9 Å². The minimum absolute atomic E-state index is 0.166. The van der Waals surface area contributed by atoms with Gasteiger partial charge in [-0.15, -0.1) is 0 Å². The Labute approximate surface area is 89.1 Å². The summed E-state index contributed by atoms with van der Waals surface area (Å²) >= 11 is 0. The third-order valence-electron chi connectivity index (χ3n) is 3.12. The van der Waals surface area contributed by atoms with Crippen LogP contribution in [-0.2, 0) is 6.42 Å². The first-order valence-electron chi connectivity index (χ1n) is 5.25. The fraction of sp³-hybridized carbons (Fsp3) is 0.500. The number of benzene rings is 1. The predicted octanol–water partition coefficient (Wildman–Crippen LogP) is 1.34. The lowest BCUT2D eigenvalue weighted by atomic mass is 9.87. The molecule has 2 atom stereocenters. The van der Waals surface area contributed by atoms with Gasteiger partial charge in [-0.25, -0.2) is 4.39 Å². The molecule has 0 spiro atoms. The minimum atomic E-state index is -0.674. The van der Waals surface area contributed by atoms with Gasteiger partial charge >= 0.3 is 0 Å². The Morgan fingerprint density at radius 2 is 2.40 bits per heavy atom. The van der Waals surface area contributed by atoms with Crippen molar-refractivity contribution in [2.75, 3.05) is 13.1 Å². The first kappa shape index (κ1) is 10.6. The molecule has 82 valence electrons. The summed E-state index contributed by atoms with van der Waals surface area (Å²) in [5.41, 5.74) is 0.274. The first-order chi connectivity index (χ1) is 7.08. The highest BCUT2D eigenvalue weighted by Gasteiger charge is 2.36. The Hall–Kier alpha value is -0.930. The van der Waals surface area contributed by atoms with E-state index >= 15 is 0 Å². The molecule has 15 heavy (non-hydrogen) atoms. The highest BCUT2D eigenvalue weighted by molar-refractivity contribution is 5.18. The molecule has 0 bridgehead atoms. The van der Waals surface area contributed by atoms with Crippen LogP contribution in [0, 0.1) is 11.7 Å². The van der Waals surface area contributed by atoms with E-state index in [4.69, 9.17) is 0 Å². The number of nitrogens with one attached hydrogen (secondary N) is 1. The van der Waals surface area contributed by atoms with Crippen molar-refractivity contribution in [2.24, 2.45) is 5.92 Å². The Morgan fingerprint density at radius 1 is 1.60 bits per heavy atom. The zero-order valence-corrected chi connectivity index (χ0v) is 8.83. The highest BCUT2D eigenvalue weighted by atomic mass is 19.1. The van der Waals surface area contributed by atoms with Gasteiger partial charge in [0.2, 0.25) is 0 Å². The second kappa shape index (κ2) is 3.91. The summed E-state index contributed by atoms with van der Waals surface area (Å²) in [6.07, 6.45) is 0.720. The van der Waals surface area contributed by atoms with Crippen LogP contribution in [0.4, 0.5) is 4.39 Å². The molecule has 1 aromatic carbocycles. The molecule has 1 saturated heterocycles. The normalized spacial score (nSPS) is 30.7. The molecular weight excluding hydrogens is 193 g/mol. The fourth-order valence-corrected chi connectivity index (χ4v) is 2.10. The van der Waals surface area contributed by atoms with E-state index < -0.39 is 5.60 Å². The first-order valence-corrected chi connectivity index (χ1v) is 5.25. The van der Waals surface area contributed by atoms with Gasteiger partial charge in [0.25, 0.3) is 0 Å². The molecule has 2 rings (SSSR count). The Balaban J connectivity index is 2.09. The highest BCUT2D eigenvalue weighted by Crippen LogP contribution is 2.25. The average Bonchev–Trinajstić information content (AvgIpc) is 2.46. The van der Waals surface area contributed by atoms with E-state index in [1.807, 2.05) is 13.0 Å². The molecule has 2 N–H and O–H groups in total. The molecule has 1 fully saturated rings. The van der Waals surface area contributed by atoms with Crippen LogP contribution in [0.25, 0.3) is 0 Å². The van der Waals surface area contributed by atoms with Crippen molar-refractivity contribution >= 4 is 0 Å². The molecule has 0 amide bonds. The largest absolute Gasteiger partial charge is 0.389 e. The average molecular weight is 209 g/mol. The number of rotatable bonds is 2. The van der Waals surface area contributed by atoms with Crippen LogP contribution >= 0.6 is 0 Å². The molecular formula is C12H16FNO. The van der Waals surface area contributed by atoms with Crippen molar-refractivity contribution in [1.29, 1.82) is 0 Å². The summed E-state index contributed by atoms with van der Waals surface area (Å²) in [7, 11) is 0. The molecule has 1 aromatic rings. The number of hydrogen-bond acceptors (Lipinski definition) is 2. The lowest BCUT2D eigenvalue weighted by molar-refractivity contribution is 0.0363. The lowest BCUT2D eigenvalue weighted by Crippen LogP contribution is -2.34. The van der Waals surface area contributed by atoms with E-state index in [9.17, 15) is 9.50 Å². The molecule has 2 nitrogen and oxygen atoms in total. The molecule has 0 aliphatic carbocycles. The third kappa shape index (κ3) is 2.36. The van der Waals surface area contributed by atoms with Crippen LogP contribution in [0.1, 0.15) is 12.5 Å². The van der Waals surface area contributed by atoms with Crippen LogP contribution in [0.15, 0.2) is 24.3 Å². The van der Waals surface area contributed by atoms with E-state index in [1.165, 1.54) is 12.1 Å². The Kier molecular flexibility index (Phi) is 2.76. The Bertz CT molecular complexity index is 351. The van der Waals surface area contributed by atoms with E-state index in [1.54, 1.807) is 6.07 Å². The van der Waals surface area contributed by atoms with E-state index in [-0.39, 0.29) is 11.7 Å². The quantitative estimate of drug-likeness (QED) is 0.770. The van der Waals surface area contributed by atoms with Gasteiger partial charge in [-0.05, 0) is 31.0 Å². The second-order valence-corrected chi connectivity index (χ2v) is 4.52. The lowest BCUT2D eigenvalue weighted by Gasteiger charge is -2.24. The predicted molar refractivity (Wildman–Crippen MR) is 57.1 cm³/mol. The molecule has 3 heteroatoms. The maximum absolute atomic E-state index is 13.0. The van der Waals surface area contributed by atoms with Gasteiger partial charge < -0.3 is 10.4 Å². The van der Waals surface area contributed by atoms with E-state index in [0.29, 0.717) is 6.54 Å². The van der Waals surface area contributed by atoms with Crippen molar-refractivity contribution < 1.29 is 9.50 Å². The topological polar surface area (TPSA) is 32.3 Å². The van der Waals surface area contributed by atoms with E-state index in [0.717, 1.165) is 18.5 Å². The van der Waals surface area contributed by atoms with Crippen LogP contribution in [0.3, 0.4) is 0 Å². The smallest absolute Gasteiger partial charge is 0.123 e. The summed E-state index contributed by atoms with van der Waals surface area (Å²) < 4.78 is 13.0. The summed E-state index contributed by atoms with van der Waals surface area (Å²) in [5, 5.41) is 13.2. The summed E-state index contributed by atoms with van der Waals surface area (Å²) in [4.78, 5) is 0. The standard InChI is InChI=1S/C12H16FNO/c1-12(15)8-14-7-10(12)5-9-3-2-4-11(13)6-9/h2-4,6,10,14-15H,5,7-8H2,1H3. The summed E-state index contributed by atoms with van der Waals surface area (Å²) in [6, 6.07) is 6.59. The van der Waals surface area contributed by atoms with Gasteiger partial charge in [-0.2, -0.15) is 0 Å². The van der Waals surface area contributed by atoms with Crippen LogP contribution < -0.4 is 5.32 Å². The van der Waals surface area contributed by atoms with E-state index in [2.05, 4.69) is 5.32 Å².